The lowest BCUT2D eigenvalue weighted by Crippen LogP contribution is -2.46. The molecule has 2 aromatic rings. The van der Waals surface area contributed by atoms with Crippen LogP contribution in [0.3, 0.4) is 0 Å². The molecule has 0 saturated heterocycles. The lowest BCUT2D eigenvalue weighted by molar-refractivity contribution is -0.137. The molecule has 126 valence electrons. The monoisotopic (exact) mass is 326 g/mol. The smallest absolute Gasteiger partial charge is 0.313 e. The SMILES string of the molecule is CC(C)(C)NC(=O)C(=O)Nc1ccc(OCc2ccccc2)cc1. The fourth-order valence-electron chi connectivity index (χ4n) is 1.96. The van der Waals surface area contributed by atoms with Crippen molar-refractivity contribution >= 4 is 17.5 Å². The summed E-state index contributed by atoms with van der Waals surface area (Å²) in [4.78, 5) is 23.6. The van der Waals surface area contributed by atoms with Gasteiger partial charge in [-0.3, -0.25) is 9.59 Å². The molecule has 0 unspecified atom stereocenters. The van der Waals surface area contributed by atoms with E-state index in [2.05, 4.69) is 10.6 Å². The van der Waals surface area contributed by atoms with E-state index in [1.165, 1.54) is 0 Å². The molecule has 2 aromatic carbocycles. The third-order valence-electron chi connectivity index (χ3n) is 3.06. The van der Waals surface area contributed by atoms with Crippen molar-refractivity contribution in [2.45, 2.75) is 32.9 Å². The maximum absolute atomic E-state index is 11.8. The molecule has 0 radical (unpaired) electrons. The highest BCUT2D eigenvalue weighted by Gasteiger charge is 2.20. The Morgan fingerprint density at radius 1 is 0.917 bits per heavy atom. The van der Waals surface area contributed by atoms with Crippen molar-refractivity contribution < 1.29 is 14.3 Å². The topological polar surface area (TPSA) is 67.4 Å². The van der Waals surface area contributed by atoms with Crippen LogP contribution in [0.5, 0.6) is 5.75 Å². The third-order valence-corrected chi connectivity index (χ3v) is 3.06. The average Bonchev–Trinajstić information content (AvgIpc) is 2.53. The quantitative estimate of drug-likeness (QED) is 0.848. The maximum atomic E-state index is 11.8. The second kappa shape index (κ2) is 7.64. The van der Waals surface area contributed by atoms with Crippen LogP contribution in [-0.4, -0.2) is 17.4 Å². The Morgan fingerprint density at radius 3 is 2.12 bits per heavy atom. The van der Waals surface area contributed by atoms with E-state index in [0.717, 1.165) is 5.56 Å². The molecule has 5 heteroatoms. The van der Waals surface area contributed by atoms with Gasteiger partial charge in [0, 0.05) is 11.2 Å². The van der Waals surface area contributed by atoms with Crippen molar-refractivity contribution in [1.29, 1.82) is 0 Å². The molecule has 24 heavy (non-hydrogen) atoms. The van der Waals surface area contributed by atoms with Gasteiger partial charge in [0.1, 0.15) is 12.4 Å². The predicted octanol–water partition coefficient (Wildman–Crippen LogP) is 3.12. The highest BCUT2D eigenvalue weighted by molar-refractivity contribution is 6.39. The Hall–Kier alpha value is -2.82. The third kappa shape index (κ3) is 5.76. The minimum absolute atomic E-state index is 0.455. The first-order valence-electron chi connectivity index (χ1n) is 7.74. The Labute approximate surface area is 142 Å². The molecule has 0 aliphatic carbocycles. The standard InChI is InChI=1S/C19H22N2O3/c1-19(2,3)21-18(23)17(22)20-15-9-11-16(12-10-15)24-13-14-7-5-4-6-8-14/h4-12H,13H2,1-3H3,(H,20,22)(H,21,23). The second-order valence-corrected chi connectivity index (χ2v) is 6.46. The first-order chi connectivity index (χ1) is 11.3. The fourth-order valence-corrected chi connectivity index (χ4v) is 1.96. The van der Waals surface area contributed by atoms with E-state index in [9.17, 15) is 9.59 Å². The first kappa shape index (κ1) is 17.5. The van der Waals surface area contributed by atoms with Gasteiger partial charge in [0.05, 0.1) is 0 Å². The molecule has 0 bridgehead atoms. The largest absolute Gasteiger partial charge is 0.489 e. The molecule has 2 rings (SSSR count). The van der Waals surface area contributed by atoms with Crippen LogP contribution in [0.4, 0.5) is 5.69 Å². The van der Waals surface area contributed by atoms with Crippen molar-refractivity contribution in [3.05, 3.63) is 60.2 Å². The second-order valence-electron chi connectivity index (χ2n) is 6.46. The zero-order valence-electron chi connectivity index (χ0n) is 14.1. The van der Waals surface area contributed by atoms with Crippen LogP contribution >= 0.6 is 0 Å². The number of carbonyl (C=O) groups is 2. The van der Waals surface area contributed by atoms with Crippen LogP contribution in [0.1, 0.15) is 26.3 Å². The van der Waals surface area contributed by atoms with Gasteiger partial charge in [-0.25, -0.2) is 0 Å². The summed E-state index contributed by atoms with van der Waals surface area (Å²) in [6.07, 6.45) is 0. The molecule has 0 fully saturated rings. The first-order valence-corrected chi connectivity index (χ1v) is 7.74. The van der Waals surface area contributed by atoms with Crippen LogP contribution in [-0.2, 0) is 16.2 Å². The highest BCUT2D eigenvalue weighted by atomic mass is 16.5. The van der Waals surface area contributed by atoms with Crippen LogP contribution in [0.25, 0.3) is 0 Å². The van der Waals surface area contributed by atoms with Crippen molar-refractivity contribution in [1.82, 2.24) is 5.32 Å². The number of ether oxygens (including phenoxy) is 1. The zero-order chi connectivity index (χ0) is 17.6. The van der Waals surface area contributed by atoms with E-state index in [-0.39, 0.29) is 0 Å². The molecule has 5 nitrogen and oxygen atoms in total. The summed E-state index contributed by atoms with van der Waals surface area (Å²) >= 11 is 0. The molecule has 0 aliphatic rings. The number of rotatable bonds is 4. The summed E-state index contributed by atoms with van der Waals surface area (Å²) in [5.41, 5.74) is 1.16. The number of benzene rings is 2. The van der Waals surface area contributed by atoms with E-state index in [0.29, 0.717) is 18.0 Å². The van der Waals surface area contributed by atoms with E-state index in [4.69, 9.17) is 4.74 Å². The van der Waals surface area contributed by atoms with Crippen molar-refractivity contribution in [2.24, 2.45) is 0 Å². The van der Waals surface area contributed by atoms with Gasteiger partial charge < -0.3 is 15.4 Å². The molecular weight excluding hydrogens is 304 g/mol. The lowest BCUT2D eigenvalue weighted by atomic mass is 10.1. The Morgan fingerprint density at radius 2 is 1.54 bits per heavy atom. The normalized spacial score (nSPS) is 10.8. The average molecular weight is 326 g/mol. The Bertz CT molecular complexity index is 689. The molecule has 2 amide bonds. The van der Waals surface area contributed by atoms with Gasteiger partial charge in [0.15, 0.2) is 0 Å². The summed E-state index contributed by atoms with van der Waals surface area (Å²) in [6.45, 7) is 5.92. The fraction of sp³-hybridized carbons (Fsp3) is 0.263. The molecule has 0 atom stereocenters. The van der Waals surface area contributed by atoms with Gasteiger partial charge in [-0.05, 0) is 50.6 Å². The molecule has 0 aliphatic heterocycles. The van der Waals surface area contributed by atoms with Crippen LogP contribution in [0.15, 0.2) is 54.6 Å². The summed E-state index contributed by atoms with van der Waals surface area (Å²) in [5, 5.41) is 5.17. The zero-order valence-corrected chi connectivity index (χ0v) is 14.1. The van der Waals surface area contributed by atoms with Gasteiger partial charge in [-0.15, -0.1) is 0 Å². The Balaban J connectivity index is 1.87. The van der Waals surface area contributed by atoms with Crippen molar-refractivity contribution in [3.63, 3.8) is 0 Å². The minimum Gasteiger partial charge on any atom is -0.489 e. The predicted molar refractivity (Wildman–Crippen MR) is 93.7 cm³/mol. The van der Waals surface area contributed by atoms with Gasteiger partial charge in [-0.1, -0.05) is 30.3 Å². The van der Waals surface area contributed by atoms with Crippen molar-refractivity contribution in [2.75, 3.05) is 5.32 Å². The highest BCUT2D eigenvalue weighted by Crippen LogP contribution is 2.17. The summed E-state index contributed by atoms with van der Waals surface area (Å²) in [6, 6.07) is 16.7. The molecular formula is C19H22N2O3. The lowest BCUT2D eigenvalue weighted by Gasteiger charge is -2.19. The van der Waals surface area contributed by atoms with E-state index >= 15 is 0 Å². The van der Waals surface area contributed by atoms with Gasteiger partial charge in [-0.2, -0.15) is 0 Å². The van der Waals surface area contributed by atoms with Gasteiger partial charge in [0.2, 0.25) is 0 Å². The van der Waals surface area contributed by atoms with E-state index < -0.39 is 17.4 Å². The van der Waals surface area contributed by atoms with Crippen LogP contribution < -0.4 is 15.4 Å². The molecule has 2 N–H and O–H groups in total. The van der Waals surface area contributed by atoms with Crippen LogP contribution in [0, 0.1) is 0 Å². The van der Waals surface area contributed by atoms with Crippen LogP contribution in [0.2, 0.25) is 0 Å². The number of carbonyl (C=O) groups excluding carboxylic acids is 2. The van der Waals surface area contributed by atoms with Gasteiger partial charge >= 0.3 is 11.8 Å². The summed E-state index contributed by atoms with van der Waals surface area (Å²) in [5.74, 6) is -0.661. The number of amides is 2. The number of hydrogen-bond donors (Lipinski definition) is 2. The molecule has 0 heterocycles. The number of anilines is 1. The van der Waals surface area contributed by atoms with E-state index in [1.807, 2.05) is 51.1 Å². The number of hydrogen-bond acceptors (Lipinski definition) is 3. The van der Waals surface area contributed by atoms with E-state index in [1.54, 1.807) is 24.3 Å². The number of nitrogens with one attached hydrogen (secondary N) is 2. The summed E-state index contributed by atoms with van der Waals surface area (Å²) < 4.78 is 5.67. The van der Waals surface area contributed by atoms with Crippen molar-refractivity contribution in [3.8, 4) is 5.75 Å². The summed E-state index contributed by atoms with van der Waals surface area (Å²) in [7, 11) is 0. The Kier molecular flexibility index (Phi) is 5.58. The maximum Gasteiger partial charge on any atom is 0.313 e. The molecule has 0 saturated carbocycles. The molecule has 0 aromatic heterocycles. The molecule has 0 spiro atoms. The van der Waals surface area contributed by atoms with Gasteiger partial charge in [0.25, 0.3) is 0 Å². The minimum atomic E-state index is -0.692.